The van der Waals surface area contributed by atoms with Crippen LogP contribution in [-0.4, -0.2) is 20.8 Å². The van der Waals surface area contributed by atoms with Crippen molar-refractivity contribution in [3.63, 3.8) is 0 Å². The Labute approximate surface area is 124 Å². The number of hydrogen-bond donors (Lipinski definition) is 1. The van der Waals surface area contributed by atoms with E-state index in [1.165, 1.54) is 12.1 Å². The molecule has 0 saturated heterocycles. The van der Waals surface area contributed by atoms with Crippen molar-refractivity contribution in [3.05, 3.63) is 59.4 Å². The number of methoxy groups -OCH3 is 1. The monoisotopic (exact) mass is 289 g/mol. The van der Waals surface area contributed by atoms with Crippen LogP contribution in [0.5, 0.6) is 11.5 Å². The van der Waals surface area contributed by atoms with Crippen LogP contribution in [0.2, 0.25) is 0 Å². The third kappa shape index (κ3) is 3.95. The van der Waals surface area contributed by atoms with Crippen molar-refractivity contribution in [3.8, 4) is 11.5 Å². The normalized spacial score (nSPS) is 12.0. The van der Waals surface area contributed by atoms with Gasteiger partial charge in [-0.3, -0.25) is 0 Å². The van der Waals surface area contributed by atoms with Crippen LogP contribution >= 0.6 is 0 Å². The lowest BCUT2D eigenvalue weighted by atomic mass is 10.1. The molecule has 2 aromatic carbocycles. The van der Waals surface area contributed by atoms with Gasteiger partial charge in [-0.05, 0) is 55.4 Å². The van der Waals surface area contributed by atoms with E-state index < -0.39 is 0 Å². The fourth-order valence-corrected chi connectivity index (χ4v) is 2.15. The fraction of sp³-hybridized carbons (Fsp3) is 0.294. The Morgan fingerprint density at radius 3 is 2.67 bits per heavy atom. The second-order valence-corrected chi connectivity index (χ2v) is 4.84. The minimum atomic E-state index is -0.252. The molecule has 1 unspecified atom stereocenters. The number of aryl methyl sites for hydroxylation is 1. The highest BCUT2D eigenvalue weighted by atomic mass is 19.1. The predicted molar refractivity (Wildman–Crippen MR) is 81.4 cm³/mol. The molecular weight excluding hydrogens is 269 g/mol. The van der Waals surface area contributed by atoms with Gasteiger partial charge in [0, 0.05) is 0 Å². The Morgan fingerprint density at radius 2 is 2.00 bits per heavy atom. The van der Waals surface area contributed by atoms with Crippen LogP contribution in [0.25, 0.3) is 0 Å². The number of benzene rings is 2. The highest BCUT2D eigenvalue weighted by Gasteiger charge is 2.12. The molecule has 3 nitrogen and oxygen atoms in total. The molecule has 0 amide bonds. The van der Waals surface area contributed by atoms with Crippen molar-refractivity contribution in [2.75, 3.05) is 20.8 Å². The quantitative estimate of drug-likeness (QED) is 0.883. The molecule has 0 aliphatic carbocycles. The number of rotatable bonds is 6. The van der Waals surface area contributed by atoms with E-state index in [0.29, 0.717) is 12.4 Å². The average Bonchev–Trinajstić information content (AvgIpc) is 2.50. The van der Waals surface area contributed by atoms with Gasteiger partial charge < -0.3 is 14.8 Å². The Bertz CT molecular complexity index is 601. The molecule has 1 atom stereocenters. The molecule has 1 N–H and O–H groups in total. The second kappa shape index (κ2) is 7.09. The summed E-state index contributed by atoms with van der Waals surface area (Å²) in [5, 5.41) is 3.22. The summed E-state index contributed by atoms with van der Waals surface area (Å²) in [6.45, 7) is 2.29. The molecule has 0 radical (unpaired) electrons. The van der Waals surface area contributed by atoms with E-state index in [-0.39, 0.29) is 11.9 Å². The van der Waals surface area contributed by atoms with Crippen LogP contribution in [0, 0.1) is 12.7 Å². The first-order valence-electron chi connectivity index (χ1n) is 6.84. The zero-order valence-electron chi connectivity index (χ0n) is 12.5. The van der Waals surface area contributed by atoms with Gasteiger partial charge in [0.05, 0.1) is 13.2 Å². The van der Waals surface area contributed by atoms with Crippen LogP contribution in [0.15, 0.2) is 42.5 Å². The van der Waals surface area contributed by atoms with E-state index in [1.807, 2.05) is 38.2 Å². The van der Waals surface area contributed by atoms with Gasteiger partial charge in [0.1, 0.15) is 23.9 Å². The van der Waals surface area contributed by atoms with Crippen LogP contribution in [0.3, 0.4) is 0 Å². The van der Waals surface area contributed by atoms with Gasteiger partial charge in [-0.2, -0.15) is 0 Å². The van der Waals surface area contributed by atoms with Gasteiger partial charge in [-0.15, -0.1) is 0 Å². The fourth-order valence-electron chi connectivity index (χ4n) is 2.15. The summed E-state index contributed by atoms with van der Waals surface area (Å²) >= 11 is 0. The van der Waals surface area contributed by atoms with Crippen molar-refractivity contribution >= 4 is 0 Å². The molecule has 0 aliphatic heterocycles. The molecule has 0 saturated carbocycles. The van der Waals surface area contributed by atoms with Crippen LogP contribution in [-0.2, 0) is 0 Å². The number of halogens is 1. The van der Waals surface area contributed by atoms with Gasteiger partial charge in [0.2, 0.25) is 0 Å². The first kappa shape index (κ1) is 15.3. The summed E-state index contributed by atoms with van der Waals surface area (Å²) in [6.07, 6.45) is 0. The molecule has 0 aliphatic rings. The van der Waals surface area contributed by atoms with Crippen LogP contribution in [0.1, 0.15) is 17.2 Å². The number of likely N-dealkylation sites (N-methyl/N-ethyl adjacent to an activating group) is 1. The first-order valence-corrected chi connectivity index (χ1v) is 6.84. The van der Waals surface area contributed by atoms with Crippen molar-refractivity contribution in [1.29, 1.82) is 0 Å². The highest BCUT2D eigenvalue weighted by Crippen LogP contribution is 2.22. The Hall–Kier alpha value is -2.07. The second-order valence-electron chi connectivity index (χ2n) is 4.84. The largest absolute Gasteiger partial charge is 0.497 e. The smallest absolute Gasteiger partial charge is 0.123 e. The Balaban J connectivity index is 2.08. The van der Waals surface area contributed by atoms with E-state index in [4.69, 9.17) is 9.47 Å². The highest BCUT2D eigenvalue weighted by molar-refractivity contribution is 5.33. The molecule has 0 aromatic heterocycles. The van der Waals surface area contributed by atoms with Gasteiger partial charge in [-0.25, -0.2) is 4.39 Å². The minimum absolute atomic E-state index is 0.0320. The number of hydrogen-bond acceptors (Lipinski definition) is 3. The molecule has 112 valence electrons. The minimum Gasteiger partial charge on any atom is -0.497 e. The maximum Gasteiger partial charge on any atom is 0.123 e. The Kier molecular flexibility index (Phi) is 5.17. The van der Waals surface area contributed by atoms with E-state index in [2.05, 4.69) is 5.32 Å². The van der Waals surface area contributed by atoms with Crippen LogP contribution in [0.4, 0.5) is 4.39 Å². The zero-order valence-corrected chi connectivity index (χ0v) is 12.5. The van der Waals surface area contributed by atoms with E-state index in [9.17, 15) is 4.39 Å². The molecule has 0 spiro atoms. The molecule has 2 rings (SSSR count). The van der Waals surface area contributed by atoms with Crippen molar-refractivity contribution in [1.82, 2.24) is 5.32 Å². The lowest BCUT2D eigenvalue weighted by molar-refractivity contribution is 0.271. The van der Waals surface area contributed by atoms with Crippen LogP contribution < -0.4 is 14.8 Å². The third-order valence-electron chi connectivity index (χ3n) is 3.39. The molecule has 4 heteroatoms. The van der Waals surface area contributed by atoms with Gasteiger partial charge in [-0.1, -0.05) is 12.1 Å². The molecule has 0 bridgehead atoms. The standard InChI is InChI=1S/C17H20FNO2/c1-12-9-14(18)7-8-17(12)21-11-16(19-2)13-5-4-6-15(10-13)20-3/h4-10,16,19H,11H2,1-3H3. The zero-order chi connectivity index (χ0) is 15.2. The summed E-state index contributed by atoms with van der Waals surface area (Å²) in [4.78, 5) is 0. The maximum atomic E-state index is 13.1. The number of nitrogens with one attached hydrogen (secondary N) is 1. The van der Waals surface area contributed by atoms with Gasteiger partial charge in [0.25, 0.3) is 0 Å². The SMILES string of the molecule is CNC(COc1ccc(F)cc1C)c1cccc(OC)c1. The summed E-state index contributed by atoms with van der Waals surface area (Å²) < 4.78 is 24.1. The maximum absolute atomic E-state index is 13.1. The lowest BCUT2D eigenvalue weighted by Gasteiger charge is -2.19. The average molecular weight is 289 g/mol. The molecule has 2 aromatic rings. The van der Waals surface area contributed by atoms with E-state index in [0.717, 1.165) is 16.9 Å². The Morgan fingerprint density at radius 1 is 1.19 bits per heavy atom. The van der Waals surface area contributed by atoms with Crippen molar-refractivity contribution in [2.24, 2.45) is 0 Å². The summed E-state index contributed by atoms with van der Waals surface area (Å²) in [5.74, 6) is 1.25. The van der Waals surface area contributed by atoms with Crippen molar-refractivity contribution in [2.45, 2.75) is 13.0 Å². The molecule has 21 heavy (non-hydrogen) atoms. The van der Waals surface area contributed by atoms with Crippen molar-refractivity contribution < 1.29 is 13.9 Å². The summed E-state index contributed by atoms with van der Waals surface area (Å²) in [5.41, 5.74) is 1.87. The van der Waals surface area contributed by atoms with E-state index in [1.54, 1.807) is 13.2 Å². The summed E-state index contributed by atoms with van der Waals surface area (Å²) in [6, 6.07) is 12.4. The number of ether oxygens (including phenoxy) is 2. The lowest BCUT2D eigenvalue weighted by Crippen LogP contribution is -2.23. The molecule has 0 heterocycles. The molecular formula is C17H20FNO2. The topological polar surface area (TPSA) is 30.5 Å². The van der Waals surface area contributed by atoms with Gasteiger partial charge in [0.15, 0.2) is 0 Å². The molecule has 0 fully saturated rings. The van der Waals surface area contributed by atoms with E-state index >= 15 is 0 Å². The third-order valence-corrected chi connectivity index (χ3v) is 3.39. The predicted octanol–water partition coefficient (Wildman–Crippen LogP) is 3.48. The first-order chi connectivity index (χ1) is 10.1. The summed E-state index contributed by atoms with van der Waals surface area (Å²) in [7, 11) is 3.52. The van der Waals surface area contributed by atoms with Gasteiger partial charge >= 0.3 is 0 Å².